The molecule has 1 unspecified atom stereocenters. The average molecular weight is 180 g/mol. The summed E-state index contributed by atoms with van der Waals surface area (Å²) < 4.78 is 0. The summed E-state index contributed by atoms with van der Waals surface area (Å²) in [7, 11) is 0. The number of hydrogen-bond acceptors (Lipinski definition) is 2. The van der Waals surface area contributed by atoms with E-state index in [2.05, 4.69) is 49.6 Å². The van der Waals surface area contributed by atoms with Gasteiger partial charge < -0.3 is 5.32 Å². The van der Waals surface area contributed by atoms with E-state index in [0.717, 1.165) is 13.0 Å². The maximum atomic E-state index is 3.45. The summed E-state index contributed by atoms with van der Waals surface area (Å²) >= 11 is 0. The Hall–Kier alpha value is -0.760. The van der Waals surface area contributed by atoms with Crippen molar-refractivity contribution < 1.29 is 0 Å². The molecule has 0 fully saturated rings. The lowest BCUT2D eigenvalue weighted by Gasteiger charge is -2.23. The van der Waals surface area contributed by atoms with Crippen LogP contribution in [0.3, 0.4) is 0 Å². The highest BCUT2D eigenvalue weighted by molar-refractivity contribution is 5.18. The Kier molecular flexibility index (Phi) is 4.03. The van der Waals surface area contributed by atoms with Crippen molar-refractivity contribution in [1.29, 1.82) is 0 Å². The molecule has 2 heteroatoms. The molecule has 1 heterocycles. The van der Waals surface area contributed by atoms with Crippen LogP contribution >= 0.6 is 0 Å². The van der Waals surface area contributed by atoms with Gasteiger partial charge in [-0.2, -0.15) is 0 Å². The van der Waals surface area contributed by atoms with E-state index in [1.165, 1.54) is 5.70 Å². The molecule has 0 bridgehead atoms. The van der Waals surface area contributed by atoms with Gasteiger partial charge in [-0.05, 0) is 31.0 Å². The Morgan fingerprint density at radius 2 is 2.31 bits per heavy atom. The summed E-state index contributed by atoms with van der Waals surface area (Å²) in [6.07, 6.45) is 7.80. The van der Waals surface area contributed by atoms with Crippen molar-refractivity contribution in [2.45, 2.75) is 33.4 Å². The Morgan fingerprint density at radius 1 is 1.54 bits per heavy atom. The first kappa shape index (κ1) is 10.3. The summed E-state index contributed by atoms with van der Waals surface area (Å²) in [6.45, 7) is 7.66. The van der Waals surface area contributed by atoms with Crippen LogP contribution in [-0.4, -0.2) is 12.7 Å². The zero-order chi connectivity index (χ0) is 9.68. The Labute approximate surface area is 81.1 Å². The smallest absolute Gasteiger partial charge is 0.0961 e. The molecule has 2 nitrogen and oxygen atoms in total. The van der Waals surface area contributed by atoms with Crippen LogP contribution in [-0.2, 0) is 0 Å². The van der Waals surface area contributed by atoms with Crippen LogP contribution in [0, 0.1) is 5.92 Å². The summed E-state index contributed by atoms with van der Waals surface area (Å²) in [5.74, 6) is 0.700. The van der Waals surface area contributed by atoms with Gasteiger partial charge in [-0.15, -0.1) is 0 Å². The van der Waals surface area contributed by atoms with Gasteiger partial charge in [-0.3, -0.25) is 5.32 Å². The number of rotatable bonds is 4. The van der Waals surface area contributed by atoms with Crippen LogP contribution in [0.4, 0.5) is 0 Å². The third-order valence-electron chi connectivity index (χ3n) is 2.07. The van der Waals surface area contributed by atoms with E-state index >= 15 is 0 Å². The SMILES string of the molecule is CCC1=CC=CC(NCC(C)C)N1. The van der Waals surface area contributed by atoms with Gasteiger partial charge in [0.1, 0.15) is 0 Å². The van der Waals surface area contributed by atoms with Crippen LogP contribution < -0.4 is 10.6 Å². The molecule has 0 amide bonds. The molecule has 0 saturated carbocycles. The monoisotopic (exact) mass is 180 g/mol. The third-order valence-corrected chi connectivity index (χ3v) is 2.07. The predicted octanol–water partition coefficient (Wildman–Crippen LogP) is 2.01. The Morgan fingerprint density at radius 3 is 2.92 bits per heavy atom. The topological polar surface area (TPSA) is 24.1 Å². The predicted molar refractivity (Wildman–Crippen MR) is 57.3 cm³/mol. The number of hydrogen-bond donors (Lipinski definition) is 2. The highest BCUT2D eigenvalue weighted by Crippen LogP contribution is 2.04. The van der Waals surface area contributed by atoms with E-state index in [1.54, 1.807) is 0 Å². The van der Waals surface area contributed by atoms with Gasteiger partial charge in [-0.1, -0.05) is 26.8 Å². The van der Waals surface area contributed by atoms with Gasteiger partial charge in [0.15, 0.2) is 0 Å². The molecule has 74 valence electrons. The number of nitrogens with one attached hydrogen (secondary N) is 2. The van der Waals surface area contributed by atoms with E-state index in [9.17, 15) is 0 Å². The standard InChI is InChI=1S/C11H20N2/c1-4-10-6-5-7-11(13-10)12-8-9(2)3/h5-7,9,11-13H,4,8H2,1-3H3. The first-order chi connectivity index (χ1) is 6.22. The second-order valence-electron chi connectivity index (χ2n) is 3.85. The van der Waals surface area contributed by atoms with Gasteiger partial charge in [0.2, 0.25) is 0 Å². The van der Waals surface area contributed by atoms with Gasteiger partial charge in [-0.25, -0.2) is 0 Å². The molecule has 1 aliphatic rings. The molecule has 0 aromatic heterocycles. The highest BCUT2D eigenvalue weighted by atomic mass is 15.1. The second kappa shape index (κ2) is 5.07. The first-order valence-electron chi connectivity index (χ1n) is 5.09. The van der Waals surface area contributed by atoms with E-state index < -0.39 is 0 Å². The second-order valence-corrected chi connectivity index (χ2v) is 3.85. The lowest BCUT2D eigenvalue weighted by Crippen LogP contribution is -2.42. The van der Waals surface area contributed by atoms with E-state index in [0.29, 0.717) is 12.1 Å². The molecule has 0 saturated heterocycles. The highest BCUT2D eigenvalue weighted by Gasteiger charge is 2.07. The van der Waals surface area contributed by atoms with E-state index in [-0.39, 0.29) is 0 Å². The quantitative estimate of drug-likeness (QED) is 0.691. The third kappa shape index (κ3) is 3.64. The summed E-state index contributed by atoms with van der Waals surface area (Å²) in [4.78, 5) is 0. The van der Waals surface area contributed by atoms with E-state index in [1.807, 2.05) is 0 Å². The molecular weight excluding hydrogens is 160 g/mol. The van der Waals surface area contributed by atoms with Crippen LogP contribution in [0.5, 0.6) is 0 Å². The van der Waals surface area contributed by atoms with Crippen LogP contribution in [0.1, 0.15) is 27.2 Å². The van der Waals surface area contributed by atoms with Crippen molar-refractivity contribution in [2.24, 2.45) is 5.92 Å². The fourth-order valence-corrected chi connectivity index (χ4v) is 1.28. The molecule has 0 aromatic carbocycles. The Bertz CT molecular complexity index is 204. The molecule has 0 aliphatic carbocycles. The molecule has 2 N–H and O–H groups in total. The maximum Gasteiger partial charge on any atom is 0.0961 e. The number of allylic oxidation sites excluding steroid dienone is 3. The Balaban J connectivity index is 2.31. The van der Waals surface area contributed by atoms with Crippen LogP contribution in [0.2, 0.25) is 0 Å². The zero-order valence-corrected chi connectivity index (χ0v) is 8.80. The van der Waals surface area contributed by atoms with Gasteiger partial charge in [0.25, 0.3) is 0 Å². The molecule has 0 aromatic rings. The van der Waals surface area contributed by atoms with E-state index in [4.69, 9.17) is 0 Å². The molecule has 1 rings (SSSR count). The van der Waals surface area contributed by atoms with Crippen molar-refractivity contribution in [1.82, 2.24) is 10.6 Å². The molecule has 1 atom stereocenters. The van der Waals surface area contributed by atoms with Gasteiger partial charge in [0, 0.05) is 5.70 Å². The fraction of sp³-hybridized carbons (Fsp3) is 0.636. The summed E-state index contributed by atoms with van der Waals surface area (Å²) in [6, 6.07) is 0. The van der Waals surface area contributed by atoms with Crippen molar-refractivity contribution >= 4 is 0 Å². The lowest BCUT2D eigenvalue weighted by molar-refractivity contribution is 0.471. The van der Waals surface area contributed by atoms with Crippen molar-refractivity contribution in [3.63, 3.8) is 0 Å². The molecule has 0 spiro atoms. The summed E-state index contributed by atoms with van der Waals surface area (Å²) in [5, 5.41) is 6.87. The molecule has 0 radical (unpaired) electrons. The van der Waals surface area contributed by atoms with Crippen molar-refractivity contribution in [3.05, 3.63) is 23.9 Å². The lowest BCUT2D eigenvalue weighted by atomic mass is 10.2. The normalized spacial score (nSPS) is 21.5. The molecule has 13 heavy (non-hydrogen) atoms. The van der Waals surface area contributed by atoms with Crippen molar-refractivity contribution in [2.75, 3.05) is 6.54 Å². The van der Waals surface area contributed by atoms with Crippen LogP contribution in [0.15, 0.2) is 23.9 Å². The fourth-order valence-electron chi connectivity index (χ4n) is 1.28. The summed E-state index contributed by atoms with van der Waals surface area (Å²) in [5.41, 5.74) is 1.31. The van der Waals surface area contributed by atoms with Crippen molar-refractivity contribution in [3.8, 4) is 0 Å². The zero-order valence-electron chi connectivity index (χ0n) is 8.80. The number of dihydropyridines is 1. The first-order valence-corrected chi connectivity index (χ1v) is 5.09. The minimum atomic E-state index is 0.322. The van der Waals surface area contributed by atoms with Crippen LogP contribution in [0.25, 0.3) is 0 Å². The molecular formula is C11H20N2. The largest absolute Gasteiger partial charge is 0.370 e. The average Bonchev–Trinajstić information content (AvgIpc) is 2.15. The maximum absolute atomic E-state index is 3.45. The van der Waals surface area contributed by atoms with Gasteiger partial charge in [0.05, 0.1) is 6.17 Å². The van der Waals surface area contributed by atoms with Gasteiger partial charge >= 0.3 is 0 Å². The minimum Gasteiger partial charge on any atom is -0.370 e. The minimum absolute atomic E-state index is 0.322. The molecule has 1 aliphatic heterocycles.